The Balaban J connectivity index is 1.75. The van der Waals surface area contributed by atoms with E-state index >= 15 is 4.39 Å². The number of aromatic nitrogens is 3. The van der Waals surface area contributed by atoms with Gasteiger partial charge >= 0.3 is 5.56 Å². The number of aliphatic hydroxyl groups excluding tert-OH is 1. The van der Waals surface area contributed by atoms with E-state index < -0.39 is 29.9 Å². The van der Waals surface area contributed by atoms with Gasteiger partial charge in [0.05, 0.1) is 31.7 Å². The van der Waals surface area contributed by atoms with Crippen LogP contribution in [0.4, 0.5) is 19.0 Å². The van der Waals surface area contributed by atoms with Crippen molar-refractivity contribution in [3.63, 3.8) is 0 Å². The number of aryl methyl sites for hydroxylation is 1. The molecule has 3 aromatic rings. The van der Waals surface area contributed by atoms with Gasteiger partial charge in [-0.2, -0.15) is 13.2 Å². The first-order chi connectivity index (χ1) is 15.7. The highest BCUT2D eigenvalue weighted by Crippen LogP contribution is 2.31. The fraction of sp³-hybridized carbons (Fsp3) is 0.409. The average Bonchev–Trinajstić information content (AvgIpc) is 2.82. The highest BCUT2D eigenvalue weighted by atomic mass is 19.3. The Morgan fingerprint density at radius 1 is 1.27 bits per heavy atom. The van der Waals surface area contributed by atoms with Gasteiger partial charge in [-0.15, -0.1) is 0 Å². The number of morpholine rings is 1. The first kappa shape index (κ1) is 23.0. The molecule has 1 aromatic carbocycles. The Morgan fingerprint density at radius 3 is 2.70 bits per heavy atom. The van der Waals surface area contributed by atoms with E-state index in [1.54, 1.807) is 24.9 Å². The van der Waals surface area contributed by atoms with Crippen LogP contribution in [0.25, 0.3) is 10.9 Å². The molecule has 3 heterocycles. The molecule has 0 spiro atoms. The van der Waals surface area contributed by atoms with Crippen molar-refractivity contribution in [3.8, 4) is 0 Å². The van der Waals surface area contributed by atoms with Gasteiger partial charge in [0.2, 0.25) is 5.82 Å². The number of aliphatic hydroxyl groups is 1. The number of ether oxygens (including phenoxy) is 1. The number of fused-ring (bicyclic) bond motifs is 1. The Kier molecular flexibility index (Phi) is 6.26. The first-order valence-electron chi connectivity index (χ1n) is 10.5. The minimum Gasteiger partial charge on any atom is -0.390 e. The largest absolute Gasteiger partial charge is 0.390 e. The molecule has 0 bridgehead atoms. The van der Waals surface area contributed by atoms with Gasteiger partial charge in [0.15, 0.2) is 0 Å². The lowest BCUT2D eigenvalue weighted by molar-refractivity contribution is -0.0556. The minimum atomic E-state index is -3.37. The molecule has 0 radical (unpaired) electrons. The van der Waals surface area contributed by atoms with E-state index in [4.69, 9.17) is 9.84 Å². The Morgan fingerprint density at radius 2 is 2.00 bits per heavy atom. The third-order valence-electron chi connectivity index (χ3n) is 5.57. The number of benzene rings is 1. The summed E-state index contributed by atoms with van der Waals surface area (Å²) in [7, 11) is 0. The molecular formula is C22H24F3N5O3. The van der Waals surface area contributed by atoms with Gasteiger partial charge in [-0.1, -0.05) is 18.2 Å². The molecule has 2 aromatic heterocycles. The molecule has 33 heavy (non-hydrogen) atoms. The third kappa shape index (κ3) is 4.51. The second kappa shape index (κ2) is 8.99. The van der Waals surface area contributed by atoms with Crippen molar-refractivity contribution in [1.29, 1.82) is 0 Å². The zero-order valence-electron chi connectivity index (χ0n) is 18.2. The summed E-state index contributed by atoms with van der Waals surface area (Å²) in [6.45, 7) is 3.68. The fourth-order valence-electron chi connectivity index (χ4n) is 3.76. The number of nitrogens with one attached hydrogen (secondary N) is 1. The smallest absolute Gasteiger partial charge is 0.307 e. The molecule has 176 valence electrons. The van der Waals surface area contributed by atoms with Crippen LogP contribution in [0.3, 0.4) is 0 Å². The summed E-state index contributed by atoms with van der Waals surface area (Å²) in [5.41, 5.74) is -0.730. The van der Waals surface area contributed by atoms with Crippen LogP contribution in [-0.4, -0.2) is 52.7 Å². The lowest BCUT2D eigenvalue weighted by Crippen LogP contribution is -2.49. The third-order valence-corrected chi connectivity index (χ3v) is 5.57. The van der Waals surface area contributed by atoms with Crippen molar-refractivity contribution in [2.45, 2.75) is 25.8 Å². The van der Waals surface area contributed by atoms with Crippen molar-refractivity contribution in [2.75, 3.05) is 43.2 Å². The lowest BCUT2D eigenvalue weighted by atomic mass is 10.0. The van der Waals surface area contributed by atoms with Crippen LogP contribution in [-0.2, 0) is 10.7 Å². The van der Waals surface area contributed by atoms with E-state index in [2.05, 4.69) is 15.3 Å². The fourth-order valence-corrected chi connectivity index (χ4v) is 3.76. The predicted molar refractivity (Wildman–Crippen MR) is 117 cm³/mol. The predicted octanol–water partition coefficient (Wildman–Crippen LogP) is 2.46. The van der Waals surface area contributed by atoms with E-state index in [-0.39, 0.29) is 28.1 Å². The molecule has 4 rings (SSSR count). The lowest BCUT2D eigenvalue weighted by Gasteiger charge is -2.30. The maximum atomic E-state index is 15.0. The van der Waals surface area contributed by atoms with Crippen LogP contribution in [0.2, 0.25) is 0 Å². The van der Waals surface area contributed by atoms with E-state index in [0.29, 0.717) is 31.9 Å². The maximum absolute atomic E-state index is 15.0. The highest BCUT2D eigenvalue weighted by molar-refractivity contribution is 5.89. The summed E-state index contributed by atoms with van der Waals surface area (Å²) < 4.78 is 49.4. The van der Waals surface area contributed by atoms with E-state index in [1.807, 2.05) is 0 Å². The minimum absolute atomic E-state index is 0.118. The van der Waals surface area contributed by atoms with Crippen LogP contribution >= 0.6 is 0 Å². The summed E-state index contributed by atoms with van der Waals surface area (Å²) in [5.74, 6) is -3.85. The number of pyridine rings is 1. The van der Waals surface area contributed by atoms with Crippen molar-refractivity contribution < 1.29 is 23.0 Å². The van der Waals surface area contributed by atoms with Crippen molar-refractivity contribution in [3.05, 3.63) is 63.6 Å². The number of rotatable bonds is 6. The van der Waals surface area contributed by atoms with E-state index in [9.17, 15) is 13.6 Å². The number of nitrogens with zero attached hydrogens (tertiary/aromatic N) is 4. The number of anilines is 1. The van der Waals surface area contributed by atoms with Gasteiger partial charge in [0, 0.05) is 17.8 Å². The van der Waals surface area contributed by atoms with Crippen molar-refractivity contribution >= 4 is 16.7 Å². The number of halogens is 3. The summed E-state index contributed by atoms with van der Waals surface area (Å²) in [4.78, 5) is 21.1. The second-order valence-electron chi connectivity index (χ2n) is 7.89. The van der Waals surface area contributed by atoms with Gasteiger partial charge in [0.25, 0.3) is 5.92 Å². The molecule has 11 heteroatoms. The SMILES string of the molecule is Cc1nc(N[C@H](C)c2cccc(C(F)(F)CO)c2)c2cn(N3CCOCC3)c(=O)c(F)c2n1. The highest BCUT2D eigenvalue weighted by Gasteiger charge is 2.31. The van der Waals surface area contributed by atoms with E-state index in [1.165, 1.54) is 29.1 Å². The molecule has 1 saturated heterocycles. The number of hydrogen-bond acceptors (Lipinski definition) is 7. The van der Waals surface area contributed by atoms with E-state index in [0.717, 1.165) is 0 Å². The van der Waals surface area contributed by atoms with Crippen molar-refractivity contribution in [2.24, 2.45) is 0 Å². The van der Waals surface area contributed by atoms with Crippen LogP contribution in [0, 0.1) is 12.7 Å². The van der Waals surface area contributed by atoms with Gasteiger partial charge in [-0.25, -0.2) is 14.6 Å². The monoisotopic (exact) mass is 463 g/mol. The summed E-state index contributed by atoms with van der Waals surface area (Å²) in [6, 6.07) is 5.19. The van der Waals surface area contributed by atoms with Crippen LogP contribution < -0.4 is 15.9 Å². The standard InChI is InChI=1S/C22H24F3N5O3/c1-13(15-4-3-5-16(10-15)22(24,25)12-31)26-20-17-11-30(29-6-8-33-9-7-29)21(32)18(23)19(17)27-14(2)28-20/h3-5,10-11,13,31H,6-9,12H2,1-2H3,(H,26,27,28)/t13-/m1/s1. The molecule has 0 aliphatic carbocycles. The zero-order valence-corrected chi connectivity index (χ0v) is 18.2. The molecule has 0 amide bonds. The Labute approximate surface area is 187 Å². The molecule has 1 aliphatic heterocycles. The molecule has 1 atom stereocenters. The molecule has 0 saturated carbocycles. The summed E-state index contributed by atoms with van der Waals surface area (Å²) >= 11 is 0. The van der Waals surface area contributed by atoms with Crippen LogP contribution in [0.15, 0.2) is 35.3 Å². The van der Waals surface area contributed by atoms with Gasteiger partial charge in [-0.3, -0.25) is 4.79 Å². The average molecular weight is 463 g/mol. The second-order valence-corrected chi connectivity index (χ2v) is 7.89. The summed E-state index contributed by atoms with van der Waals surface area (Å²) in [5, 5.41) is 14.1. The Bertz CT molecular complexity index is 1230. The topological polar surface area (TPSA) is 92.5 Å². The maximum Gasteiger partial charge on any atom is 0.307 e. The summed E-state index contributed by atoms with van der Waals surface area (Å²) in [6.07, 6.45) is 1.48. The normalized spacial score (nSPS) is 15.6. The quantitative estimate of drug-likeness (QED) is 0.580. The number of alkyl halides is 2. The molecular weight excluding hydrogens is 439 g/mol. The first-order valence-corrected chi connectivity index (χ1v) is 10.5. The molecule has 0 unspecified atom stereocenters. The number of hydrogen-bond donors (Lipinski definition) is 2. The zero-order chi connectivity index (χ0) is 23.8. The molecule has 1 fully saturated rings. The Hall–Kier alpha value is -3.18. The van der Waals surface area contributed by atoms with Crippen LogP contribution in [0.1, 0.15) is 29.9 Å². The molecule has 1 aliphatic rings. The van der Waals surface area contributed by atoms with Crippen molar-refractivity contribution in [1.82, 2.24) is 14.6 Å². The van der Waals surface area contributed by atoms with Gasteiger partial charge in [-0.05, 0) is 25.5 Å². The molecule has 2 N–H and O–H groups in total. The van der Waals surface area contributed by atoms with Crippen LogP contribution in [0.5, 0.6) is 0 Å². The van der Waals surface area contributed by atoms with Gasteiger partial charge < -0.3 is 20.2 Å². The van der Waals surface area contributed by atoms with Gasteiger partial charge in [0.1, 0.15) is 23.8 Å². The molecule has 8 nitrogen and oxygen atoms in total.